The lowest BCUT2D eigenvalue weighted by Crippen LogP contribution is -2.68. The molecule has 0 aromatic heterocycles. The molecular formula is C16H28O2Si. The van der Waals surface area contributed by atoms with Crippen LogP contribution in [0, 0.1) is 17.3 Å². The van der Waals surface area contributed by atoms with E-state index in [0.29, 0.717) is 16.7 Å². The first-order valence-electron chi connectivity index (χ1n) is 7.48. The first kappa shape index (κ1) is 14.8. The SMILES string of the molecule is C=CC(=O)OC[Si](C)(C)C12CC(CCC1C)C2(C)C. The molecule has 2 bridgehead atoms. The van der Waals surface area contributed by atoms with Crippen molar-refractivity contribution in [3.05, 3.63) is 12.7 Å². The van der Waals surface area contributed by atoms with Gasteiger partial charge in [-0.2, -0.15) is 0 Å². The minimum absolute atomic E-state index is 0.269. The number of hydrogen-bond acceptors (Lipinski definition) is 2. The predicted octanol–water partition coefficient (Wildman–Crippen LogP) is 4.18. The van der Waals surface area contributed by atoms with Crippen LogP contribution in [-0.4, -0.2) is 20.3 Å². The van der Waals surface area contributed by atoms with Gasteiger partial charge in [-0.25, -0.2) is 4.79 Å². The summed E-state index contributed by atoms with van der Waals surface area (Å²) in [6.07, 6.45) is 6.00. The molecule has 0 N–H and O–H groups in total. The average molecular weight is 280 g/mol. The molecule has 0 amide bonds. The molecule has 0 aromatic carbocycles. The molecule has 0 saturated heterocycles. The Morgan fingerprint density at radius 3 is 2.53 bits per heavy atom. The standard InChI is InChI=1S/C16H28O2Si/c1-7-14(17)18-11-19(5,6)16-10-13(15(16,3)4)9-8-12(16)2/h7,12-13H,1,8-11H2,2-6H3. The van der Waals surface area contributed by atoms with Crippen molar-refractivity contribution in [3.8, 4) is 0 Å². The van der Waals surface area contributed by atoms with Gasteiger partial charge in [0.25, 0.3) is 0 Å². The number of rotatable bonds is 4. The van der Waals surface area contributed by atoms with Crippen LogP contribution in [0.1, 0.15) is 40.0 Å². The smallest absolute Gasteiger partial charge is 0.329 e. The first-order chi connectivity index (χ1) is 8.69. The molecule has 3 saturated carbocycles. The zero-order valence-electron chi connectivity index (χ0n) is 13.1. The van der Waals surface area contributed by atoms with E-state index < -0.39 is 8.07 Å². The Morgan fingerprint density at radius 1 is 1.42 bits per heavy atom. The molecular weight excluding hydrogens is 252 g/mol. The van der Waals surface area contributed by atoms with Crippen molar-refractivity contribution in [3.63, 3.8) is 0 Å². The summed E-state index contributed by atoms with van der Waals surface area (Å²) in [6.45, 7) is 15.6. The lowest BCUT2D eigenvalue weighted by Gasteiger charge is -2.73. The zero-order chi connectivity index (χ0) is 14.5. The normalized spacial score (nSPS) is 36.3. The Morgan fingerprint density at radius 2 is 2.05 bits per heavy atom. The number of carbonyl (C=O) groups excluding carboxylic acids is 1. The fraction of sp³-hybridized carbons (Fsp3) is 0.812. The molecule has 0 heterocycles. The van der Waals surface area contributed by atoms with Gasteiger partial charge in [0, 0.05) is 6.08 Å². The van der Waals surface area contributed by atoms with Gasteiger partial charge in [0.05, 0.1) is 14.3 Å². The fourth-order valence-electron chi connectivity index (χ4n) is 5.39. The Kier molecular flexibility index (Phi) is 3.49. The molecule has 3 fully saturated rings. The molecule has 19 heavy (non-hydrogen) atoms. The first-order valence-corrected chi connectivity index (χ1v) is 10.7. The summed E-state index contributed by atoms with van der Waals surface area (Å²) in [6, 6.07) is 0. The second-order valence-electron chi connectivity index (χ2n) is 7.77. The summed E-state index contributed by atoms with van der Waals surface area (Å²) in [4.78, 5) is 11.4. The largest absolute Gasteiger partial charge is 0.466 e. The number of ether oxygens (including phenoxy) is 1. The maximum absolute atomic E-state index is 11.4. The Bertz CT molecular complexity index is 400. The highest BCUT2D eigenvalue weighted by atomic mass is 28.3. The van der Waals surface area contributed by atoms with Crippen molar-refractivity contribution in [1.29, 1.82) is 0 Å². The van der Waals surface area contributed by atoms with Gasteiger partial charge in [-0.3, -0.25) is 0 Å². The Hall–Kier alpha value is -0.573. The third kappa shape index (κ3) is 1.84. The minimum atomic E-state index is -1.63. The van der Waals surface area contributed by atoms with Gasteiger partial charge in [0.15, 0.2) is 0 Å². The third-order valence-electron chi connectivity index (χ3n) is 6.48. The topological polar surface area (TPSA) is 26.3 Å². The lowest BCUT2D eigenvalue weighted by molar-refractivity contribution is -0.137. The van der Waals surface area contributed by atoms with E-state index in [0.717, 1.165) is 11.8 Å². The van der Waals surface area contributed by atoms with Crippen LogP contribution >= 0.6 is 0 Å². The van der Waals surface area contributed by atoms with Crippen molar-refractivity contribution in [2.24, 2.45) is 17.3 Å². The second kappa shape index (κ2) is 4.47. The maximum atomic E-state index is 11.4. The molecule has 3 aliphatic rings. The molecule has 3 aliphatic carbocycles. The van der Waals surface area contributed by atoms with Crippen LogP contribution in [0.3, 0.4) is 0 Å². The molecule has 3 unspecified atom stereocenters. The number of fused-ring (bicyclic) bond motifs is 2. The van der Waals surface area contributed by atoms with Crippen LogP contribution in [0.4, 0.5) is 0 Å². The summed E-state index contributed by atoms with van der Waals surface area (Å²) in [7, 11) is -1.63. The van der Waals surface area contributed by atoms with E-state index in [4.69, 9.17) is 4.74 Å². The highest BCUT2D eigenvalue weighted by Crippen LogP contribution is 2.78. The Labute approximate surface area is 118 Å². The molecule has 3 heteroatoms. The Balaban J connectivity index is 2.22. The quantitative estimate of drug-likeness (QED) is 0.439. The van der Waals surface area contributed by atoms with Gasteiger partial charge in [-0.15, -0.1) is 0 Å². The number of hydrogen-bond donors (Lipinski definition) is 0. The van der Waals surface area contributed by atoms with E-state index in [9.17, 15) is 4.79 Å². The van der Waals surface area contributed by atoms with Crippen LogP contribution in [0.25, 0.3) is 0 Å². The van der Waals surface area contributed by atoms with Gasteiger partial charge in [0.1, 0.15) is 0 Å². The van der Waals surface area contributed by atoms with E-state index in [1.165, 1.54) is 25.3 Å². The van der Waals surface area contributed by atoms with E-state index >= 15 is 0 Å². The van der Waals surface area contributed by atoms with Crippen molar-refractivity contribution >= 4 is 14.0 Å². The number of esters is 1. The van der Waals surface area contributed by atoms with Crippen molar-refractivity contribution in [2.45, 2.75) is 58.2 Å². The minimum Gasteiger partial charge on any atom is -0.466 e. The lowest BCUT2D eigenvalue weighted by atomic mass is 9.45. The molecule has 0 aromatic rings. The van der Waals surface area contributed by atoms with Crippen LogP contribution in [0.2, 0.25) is 18.1 Å². The van der Waals surface area contributed by atoms with E-state index in [-0.39, 0.29) is 5.97 Å². The van der Waals surface area contributed by atoms with Gasteiger partial charge in [0.2, 0.25) is 0 Å². The summed E-state index contributed by atoms with van der Waals surface area (Å²) in [5.74, 6) is 1.37. The van der Waals surface area contributed by atoms with Crippen molar-refractivity contribution < 1.29 is 9.53 Å². The van der Waals surface area contributed by atoms with Crippen LogP contribution in [-0.2, 0) is 9.53 Å². The molecule has 0 radical (unpaired) electrons. The highest BCUT2D eigenvalue weighted by Gasteiger charge is 2.70. The maximum Gasteiger partial charge on any atom is 0.329 e. The fourth-order valence-corrected chi connectivity index (χ4v) is 10.4. The van der Waals surface area contributed by atoms with Crippen LogP contribution in [0.5, 0.6) is 0 Å². The highest BCUT2D eigenvalue weighted by molar-refractivity contribution is 6.81. The van der Waals surface area contributed by atoms with Gasteiger partial charge in [-0.1, -0.05) is 46.9 Å². The van der Waals surface area contributed by atoms with E-state index in [2.05, 4.69) is 40.4 Å². The monoisotopic (exact) mass is 280 g/mol. The molecule has 0 spiro atoms. The molecule has 3 atom stereocenters. The van der Waals surface area contributed by atoms with Gasteiger partial charge >= 0.3 is 5.97 Å². The van der Waals surface area contributed by atoms with Crippen molar-refractivity contribution in [2.75, 3.05) is 6.23 Å². The molecule has 0 aliphatic heterocycles. The molecule has 3 rings (SSSR count). The summed E-state index contributed by atoms with van der Waals surface area (Å²) >= 11 is 0. The van der Waals surface area contributed by atoms with E-state index in [1.54, 1.807) is 0 Å². The summed E-state index contributed by atoms with van der Waals surface area (Å²) < 4.78 is 5.45. The van der Waals surface area contributed by atoms with Crippen LogP contribution < -0.4 is 0 Å². The zero-order valence-corrected chi connectivity index (χ0v) is 14.1. The van der Waals surface area contributed by atoms with Gasteiger partial charge in [-0.05, 0) is 35.1 Å². The summed E-state index contributed by atoms with van der Waals surface area (Å²) in [5.41, 5.74) is 0.418. The second-order valence-corrected chi connectivity index (χ2v) is 12.7. The van der Waals surface area contributed by atoms with Gasteiger partial charge < -0.3 is 4.74 Å². The summed E-state index contributed by atoms with van der Waals surface area (Å²) in [5, 5.41) is 0.435. The van der Waals surface area contributed by atoms with E-state index in [1.807, 2.05) is 0 Å². The predicted molar refractivity (Wildman–Crippen MR) is 81.6 cm³/mol. The third-order valence-corrected chi connectivity index (χ3v) is 11.1. The molecule has 2 nitrogen and oxygen atoms in total. The average Bonchev–Trinajstić information content (AvgIpc) is 2.35. The van der Waals surface area contributed by atoms with Crippen LogP contribution in [0.15, 0.2) is 12.7 Å². The van der Waals surface area contributed by atoms with Crippen molar-refractivity contribution in [1.82, 2.24) is 0 Å². The number of carbonyl (C=O) groups is 1. The molecule has 108 valence electrons.